The summed E-state index contributed by atoms with van der Waals surface area (Å²) >= 11 is 0. The maximum absolute atomic E-state index is 11.1. The molecule has 0 amide bonds. The van der Waals surface area contributed by atoms with Crippen LogP contribution in [0.4, 0.5) is 0 Å². The lowest BCUT2D eigenvalue weighted by Gasteiger charge is -2.25. The van der Waals surface area contributed by atoms with Crippen LogP contribution in [-0.2, 0) is 4.79 Å². The molecule has 1 N–H and O–H groups in total. The molecule has 1 aliphatic rings. The number of aromatic nitrogens is 3. The Bertz CT molecular complexity index is 715. The van der Waals surface area contributed by atoms with Gasteiger partial charge >= 0.3 is 5.97 Å². The molecule has 1 unspecified atom stereocenters. The van der Waals surface area contributed by atoms with Crippen LogP contribution in [0.25, 0.3) is 11.3 Å². The Labute approximate surface area is 148 Å². The molecule has 134 valence electrons. The van der Waals surface area contributed by atoms with E-state index in [2.05, 4.69) is 60.5 Å². The fourth-order valence-corrected chi connectivity index (χ4v) is 3.41. The number of carboxylic acid groups (broad SMARTS) is 1. The molecule has 1 fully saturated rings. The molecule has 1 aromatic carbocycles. The van der Waals surface area contributed by atoms with Gasteiger partial charge in [0.1, 0.15) is 5.69 Å². The summed E-state index contributed by atoms with van der Waals surface area (Å²) in [6.07, 6.45) is 5.10. The van der Waals surface area contributed by atoms with Crippen LogP contribution in [0.5, 0.6) is 0 Å². The fraction of sp³-hybridized carbons (Fsp3) is 0.526. The minimum Gasteiger partial charge on any atom is -0.481 e. The number of rotatable bonds is 5. The van der Waals surface area contributed by atoms with E-state index in [1.165, 1.54) is 5.56 Å². The van der Waals surface area contributed by atoms with E-state index in [9.17, 15) is 4.79 Å². The van der Waals surface area contributed by atoms with E-state index in [0.29, 0.717) is 18.9 Å². The number of hydrogen-bond donors (Lipinski definition) is 1. The van der Waals surface area contributed by atoms with Crippen molar-refractivity contribution in [1.29, 1.82) is 0 Å². The maximum Gasteiger partial charge on any atom is 0.306 e. The van der Waals surface area contributed by atoms with E-state index in [4.69, 9.17) is 5.11 Å². The summed E-state index contributed by atoms with van der Waals surface area (Å²) in [5.41, 5.74) is 3.19. The Hall–Kier alpha value is -2.21. The molecule has 3 rings (SSSR count). The van der Waals surface area contributed by atoms with Crippen LogP contribution in [0.2, 0.25) is 0 Å². The van der Waals surface area contributed by atoms with Crippen molar-refractivity contribution in [2.75, 3.05) is 14.1 Å². The van der Waals surface area contributed by atoms with Gasteiger partial charge in [0.15, 0.2) is 0 Å². The first-order valence-corrected chi connectivity index (χ1v) is 8.87. The third-order valence-corrected chi connectivity index (χ3v) is 5.39. The molecule has 0 aliphatic heterocycles. The summed E-state index contributed by atoms with van der Waals surface area (Å²) in [5.74, 6) is -0.879. The van der Waals surface area contributed by atoms with Crippen LogP contribution >= 0.6 is 0 Å². The van der Waals surface area contributed by atoms with Crippen LogP contribution in [0.15, 0.2) is 30.5 Å². The van der Waals surface area contributed by atoms with Crippen molar-refractivity contribution < 1.29 is 9.90 Å². The lowest BCUT2D eigenvalue weighted by molar-refractivity contribution is -0.143. The van der Waals surface area contributed by atoms with Crippen molar-refractivity contribution in [3.05, 3.63) is 36.0 Å². The standard InChI is InChI=1S/C19H26N4O2/c1-13(22(2)3)14-4-6-15(7-5-14)18-12-23(21-20-18)17-10-8-16(9-11-17)19(24)25/h4-7,12-13,16-17H,8-11H2,1-3H3,(H,24,25). The molecule has 0 radical (unpaired) electrons. The summed E-state index contributed by atoms with van der Waals surface area (Å²) in [6.45, 7) is 2.18. The van der Waals surface area contributed by atoms with Crippen LogP contribution in [0.1, 0.15) is 50.3 Å². The topological polar surface area (TPSA) is 71.2 Å². The van der Waals surface area contributed by atoms with Gasteiger partial charge in [0, 0.05) is 11.6 Å². The van der Waals surface area contributed by atoms with E-state index in [0.717, 1.165) is 24.1 Å². The van der Waals surface area contributed by atoms with Gasteiger partial charge in [-0.2, -0.15) is 0 Å². The highest BCUT2D eigenvalue weighted by Gasteiger charge is 2.27. The van der Waals surface area contributed by atoms with Gasteiger partial charge in [-0.25, -0.2) is 4.68 Å². The molecule has 25 heavy (non-hydrogen) atoms. The zero-order valence-corrected chi connectivity index (χ0v) is 15.1. The minimum atomic E-state index is -0.676. The SMILES string of the molecule is CC(c1ccc(-c2cn(C3CCC(C(=O)O)CC3)nn2)cc1)N(C)C. The second-order valence-electron chi connectivity index (χ2n) is 7.19. The van der Waals surface area contributed by atoms with Crippen molar-refractivity contribution in [2.45, 2.75) is 44.7 Å². The van der Waals surface area contributed by atoms with E-state index >= 15 is 0 Å². The third-order valence-electron chi connectivity index (χ3n) is 5.39. The number of aliphatic carboxylic acids is 1. The largest absolute Gasteiger partial charge is 0.481 e. The van der Waals surface area contributed by atoms with Gasteiger partial charge < -0.3 is 10.0 Å². The average Bonchev–Trinajstić information content (AvgIpc) is 3.11. The summed E-state index contributed by atoms with van der Waals surface area (Å²) in [6, 6.07) is 9.07. The van der Waals surface area contributed by atoms with Crippen molar-refractivity contribution >= 4 is 5.97 Å². The van der Waals surface area contributed by atoms with Gasteiger partial charge in [-0.1, -0.05) is 29.5 Å². The van der Waals surface area contributed by atoms with Gasteiger partial charge in [0.25, 0.3) is 0 Å². The van der Waals surface area contributed by atoms with E-state index in [-0.39, 0.29) is 12.0 Å². The number of nitrogens with zero attached hydrogens (tertiary/aromatic N) is 4. The lowest BCUT2D eigenvalue weighted by Crippen LogP contribution is -2.23. The van der Waals surface area contributed by atoms with Gasteiger partial charge in [-0.15, -0.1) is 5.10 Å². The van der Waals surface area contributed by atoms with Crippen molar-refractivity contribution in [3.63, 3.8) is 0 Å². The Morgan fingerprint density at radius 2 is 1.84 bits per heavy atom. The van der Waals surface area contributed by atoms with E-state index in [1.807, 2.05) is 10.9 Å². The van der Waals surface area contributed by atoms with Crippen LogP contribution in [-0.4, -0.2) is 45.1 Å². The smallest absolute Gasteiger partial charge is 0.306 e. The predicted octanol–water partition coefficient (Wildman–Crippen LogP) is 3.38. The zero-order chi connectivity index (χ0) is 18.0. The number of carboxylic acids is 1. The van der Waals surface area contributed by atoms with Crippen LogP contribution in [0, 0.1) is 5.92 Å². The molecule has 1 aromatic heterocycles. The molecule has 1 saturated carbocycles. The normalized spacial score (nSPS) is 22.1. The van der Waals surface area contributed by atoms with Crippen molar-refractivity contribution in [1.82, 2.24) is 19.9 Å². The van der Waals surface area contributed by atoms with Gasteiger partial charge in [0.05, 0.1) is 18.2 Å². The monoisotopic (exact) mass is 342 g/mol. The van der Waals surface area contributed by atoms with E-state index < -0.39 is 5.97 Å². The first-order chi connectivity index (χ1) is 12.0. The molecule has 6 heteroatoms. The Morgan fingerprint density at radius 1 is 1.20 bits per heavy atom. The number of hydrogen-bond acceptors (Lipinski definition) is 4. The highest BCUT2D eigenvalue weighted by Crippen LogP contribution is 2.32. The molecule has 0 bridgehead atoms. The molecular weight excluding hydrogens is 316 g/mol. The molecule has 1 heterocycles. The molecule has 2 aromatic rings. The lowest BCUT2D eigenvalue weighted by atomic mass is 9.86. The van der Waals surface area contributed by atoms with Gasteiger partial charge in [0.2, 0.25) is 0 Å². The fourth-order valence-electron chi connectivity index (χ4n) is 3.41. The van der Waals surface area contributed by atoms with Crippen molar-refractivity contribution in [2.24, 2.45) is 5.92 Å². The molecule has 1 atom stereocenters. The summed E-state index contributed by atoms with van der Waals surface area (Å²) in [7, 11) is 4.15. The van der Waals surface area contributed by atoms with Gasteiger partial charge in [-0.3, -0.25) is 4.79 Å². The van der Waals surface area contributed by atoms with Gasteiger partial charge in [-0.05, 0) is 52.3 Å². The number of carbonyl (C=O) groups is 1. The first kappa shape index (κ1) is 17.6. The van der Waals surface area contributed by atoms with Crippen molar-refractivity contribution in [3.8, 4) is 11.3 Å². The highest BCUT2D eigenvalue weighted by molar-refractivity contribution is 5.70. The predicted molar refractivity (Wildman–Crippen MR) is 96.2 cm³/mol. The average molecular weight is 342 g/mol. The Balaban J connectivity index is 1.68. The molecule has 0 spiro atoms. The first-order valence-electron chi connectivity index (χ1n) is 8.87. The van der Waals surface area contributed by atoms with Crippen LogP contribution < -0.4 is 0 Å². The zero-order valence-electron chi connectivity index (χ0n) is 15.1. The summed E-state index contributed by atoms with van der Waals surface area (Å²) in [5, 5.41) is 17.7. The Morgan fingerprint density at radius 3 is 2.40 bits per heavy atom. The molecular formula is C19H26N4O2. The third kappa shape index (κ3) is 3.90. The highest BCUT2D eigenvalue weighted by atomic mass is 16.4. The summed E-state index contributed by atoms with van der Waals surface area (Å²) in [4.78, 5) is 13.2. The molecule has 6 nitrogen and oxygen atoms in total. The maximum atomic E-state index is 11.1. The quantitative estimate of drug-likeness (QED) is 0.902. The van der Waals surface area contributed by atoms with Crippen LogP contribution in [0.3, 0.4) is 0 Å². The molecule has 0 saturated heterocycles. The second kappa shape index (κ2) is 7.35. The minimum absolute atomic E-state index is 0.203. The number of benzene rings is 1. The van der Waals surface area contributed by atoms with E-state index in [1.54, 1.807) is 0 Å². The Kier molecular flexibility index (Phi) is 5.18. The molecule has 1 aliphatic carbocycles. The summed E-state index contributed by atoms with van der Waals surface area (Å²) < 4.78 is 1.91. The second-order valence-corrected chi connectivity index (χ2v) is 7.19.